The van der Waals surface area contributed by atoms with Crippen molar-refractivity contribution in [2.75, 3.05) is 5.32 Å². The van der Waals surface area contributed by atoms with Crippen LogP contribution in [0.25, 0.3) is 5.57 Å². The summed E-state index contributed by atoms with van der Waals surface area (Å²) in [4.78, 5) is 26.6. The number of benzene rings is 3. The molecule has 0 radical (unpaired) electrons. The first-order valence-electron chi connectivity index (χ1n) is 9.72. The molecular formula is C26H23NO2. The molecule has 0 unspecified atom stereocenters. The Hall–Kier alpha value is -3.46. The van der Waals surface area contributed by atoms with Crippen molar-refractivity contribution in [3.05, 3.63) is 107 Å². The number of fused-ring (bicyclic) bond motifs is 1. The lowest BCUT2D eigenvalue weighted by atomic mass is 9.83. The normalized spacial score (nSPS) is 17.4. The number of allylic oxidation sites excluding steroid dienone is 1. The lowest BCUT2D eigenvalue weighted by Crippen LogP contribution is -2.35. The molecule has 144 valence electrons. The highest BCUT2D eigenvalue weighted by atomic mass is 16.2. The molecule has 1 aliphatic rings. The van der Waals surface area contributed by atoms with Crippen LogP contribution in [0.1, 0.15) is 39.5 Å². The van der Waals surface area contributed by atoms with Gasteiger partial charge < -0.3 is 5.32 Å². The van der Waals surface area contributed by atoms with Gasteiger partial charge in [0.15, 0.2) is 5.78 Å². The highest BCUT2D eigenvalue weighted by molar-refractivity contribution is 6.31. The molecule has 0 saturated carbocycles. The van der Waals surface area contributed by atoms with Crippen LogP contribution in [0, 0.1) is 13.8 Å². The highest BCUT2D eigenvalue weighted by Gasteiger charge is 2.42. The third-order valence-corrected chi connectivity index (χ3v) is 5.68. The summed E-state index contributed by atoms with van der Waals surface area (Å²) < 4.78 is 0. The lowest BCUT2D eigenvalue weighted by Gasteiger charge is -2.24. The third kappa shape index (κ3) is 3.19. The molecular weight excluding hydrogens is 358 g/mol. The Morgan fingerprint density at radius 1 is 0.793 bits per heavy atom. The van der Waals surface area contributed by atoms with Crippen LogP contribution in [0.4, 0.5) is 5.69 Å². The Kier molecular flexibility index (Phi) is 4.67. The minimum atomic E-state index is -0.926. The average molecular weight is 381 g/mol. The van der Waals surface area contributed by atoms with E-state index in [0.717, 1.165) is 27.9 Å². The predicted molar refractivity (Wildman–Crippen MR) is 117 cm³/mol. The molecule has 4 rings (SSSR count). The summed E-state index contributed by atoms with van der Waals surface area (Å²) >= 11 is 0. The molecule has 3 heteroatoms. The summed E-state index contributed by atoms with van der Waals surface area (Å²) in [6.07, 6.45) is 1.82. The maximum atomic E-state index is 13.4. The fraction of sp³-hybridized carbons (Fsp3) is 0.154. The molecule has 29 heavy (non-hydrogen) atoms. The number of ketones is 1. The first-order chi connectivity index (χ1) is 13.9. The molecule has 3 aromatic rings. The van der Waals surface area contributed by atoms with Crippen LogP contribution in [0.2, 0.25) is 0 Å². The van der Waals surface area contributed by atoms with Gasteiger partial charge in [0, 0.05) is 16.8 Å². The van der Waals surface area contributed by atoms with Gasteiger partial charge in [-0.05, 0) is 43.0 Å². The van der Waals surface area contributed by atoms with E-state index in [-0.39, 0.29) is 11.7 Å². The SMILES string of the molecule is Cc1cccc(C)c1NC(=O)[C@@]1(C)C=C(C(=O)c2ccccc2)c2ccccc21. The van der Waals surface area contributed by atoms with Gasteiger partial charge >= 0.3 is 0 Å². The third-order valence-electron chi connectivity index (χ3n) is 5.68. The van der Waals surface area contributed by atoms with Gasteiger partial charge in [0.05, 0.1) is 5.41 Å². The van der Waals surface area contributed by atoms with E-state index in [2.05, 4.69) is 5.32 Å². The number of carbonyl (C=O) groups is 2. The number of Topliss-reactive ketones (excluding diaryl/α,β-unsaturated/α-hetero) is 1. The molecule has 0 spiro atoms. The minimum Gasteiger partial charge on any atom is -0.325 e. The van der Waals surface area contributed by atoms with Gasteiger partial charge in [-0.25, -0.2) is 0 Å². The van der Waals surface area contributed by atoms with Gasteiger partial charge in [0.25, 0.3) is 0 Å². The number of para-hydroxylation sites is 1. The molecule has 1 amide bonds. The second-order valence-electron chi connectivity index (χ2n) is 7.72. The maximum absolute atomic E-state index is 13.4. The van der Waals surface area contributed by atoms with E-state index in [0.29, 0.717) is 11.1 Å². The van der Waals surface area contributed by atoms with Crippen LogP contribution in [-0.4, -0.2) is 11.7 Å². The first-order valence-corrected chi connectivity index (χ1v) is 9.72. The molecule has 1 N–H and O–H groups in total. The van der Waals surface area contributed by atoms with E-state index in [1.165, 1.54) is 0 Å². The van der Waals surface area contributed by atoms with Crippen molar-refractivity contribution in [2.45, 2.75) is 26.2 Å². The average Bonchev–Trinajstić information content (AvgIpc) is 3.05. The van der Waals surface area contributed by atoms with E-state index < -0.39 is 5.41 Å². The van der Waals surface area contributed by atoms with Crippen LogP contribution >= 0.6 is 0 Å². The maximum Gasteiger partial charge on any atom is 0.238 e. The van der Waals surface area contributed by atoms with Crippen LogP contribution < -0.4 is 5.32 Å². The summed E-state index contributed by atoms with van der Waals surface area (Å²) in [5, 5.41) is 3.11. The summed E-state index contributed by atoms with van der Waals surface area (Å²) in [5.41, 5.74) is 4.79. The molecule has 0 saturated heterocycles. The number of hydrogen-bond donors (Lipinski definition) is 1. The Morgan fingerprint density at radius 2 is 1.41 bits per heavy atom. The number of rotatable bonds is 4. The van der Waals surface area contributed by atoms with Crippen LogP contribution in [0.5, 0.6) is 0 Å². The molecule has 1 aliphatic carbocycles. The molecule has 3 nitrogen and oxygen atoms in total. The van der Waals surface area contributed by atoms with Crippen molar-refractivity contribution in [3.8, 4) is 0 Å². The fourth-order valence-electron chi connectivity index (χ4n) is 3.99. The molecule has 0 aliphatic heterocycles. The largest absolute Gasteiger partial charge is 0.325 e. The van der Waals surface area contributed by atoms with E-state index in [4.69, 9.17) is 0 Å². The number of hydrogen-bond acceptors (Lipinski definition) is 2. The highest BCUT2D eigenvalue weighted by Crippen LogP contribution is 2.42. The Bertz CT molecular complexity index is 1120. The molecule has 0 bridgehead atoms. The van der Waals surface area contributed by atoms with Crippen molar-refractivity contribution in [1.29, 1.82) is 0 Å². The molecule has 0 fully saturated rings. The predicted octanol–water partition coefficient (Wildman–Crippen LogP) is 5.48. The number of anilines is 1. The van der Waals surface area contributed by atoms with Gasteiger partial charge in [-0.3, -0.25) is 9.59 Å². The fourth-order valence-corrected chi connectivity index (χ4v) is 3.99. The van der Waals surface area contributed by atoms with Gasteiger partial charge in [-0.1, -0.05) is 78.9 Å². The summed E-state index contributed by atoms with van der Waals surface area (Å²) in [6, 6.07) is 22.8. The molecule has 0 heterocycles. The number of amides is 1. The van der Waals surface area contributed by atoms with Crippen LogP contribution in [0.15, 0.2) is 78.9 Å². The zero-order chi connectivity index (χ0) is 20.6. The minimum absolute atomic E-state index is 0.0679. The summed E-state index contributed by atoms with van der Waals surface area (Å²) in [7, 11) is 0. The number of carbonyl (C=O) groups excluding carboxylic acids is 2. The quantitative estimate of drug-likeness (QED) is 0.608. The topological polar surface area (TPSA) is 46.2 Å². The van der Waals surface area contributed by atoms with Crippen LogP contribution in [0.3, 0.4) is 0 Å². The second kappa shape index (κ2) is 7.17. The molecule has 1 atom stereocenters. The van der Waals surface area contributed by atoms with Crippen molar-refractivity contribution in [2.24, 2.45) is 0 Å². The zero-order valence-electron chi connectivity index (χ0n) is 16.8. The van der Waals surface area contributed by atoms with Crippen LogP contribution in [-0.2, 0) is 10.2 Å². The Morgan fingerprint density at radius 3 is 2.10 bits per heavy atom. The monoisotopic (exact) mass is 381 g/mol. The van der Waals surface area contributed by atoms with Crippen molar-refractivity contribution >= 4 is 23.0 Å². The second-order valence-corrected chi connectivity index (χ2v) is 7.72. The van der Waals surface area contributed by atoms with Gasteiger partial charge in [0.2, 0.25) is 5.91 Å². The number of nitrogens with one attached hydrogen (secondary N) is 1. The van der Waals surface area contributed by atoms with E-state index >= 15 is 0 Å². The van der Waals surface area contributed by atoms with E-state index in [1.807, 2.05) is 87.5 Å². The van der Waals surface area contributed by atoms with Gasteiger partial charge in [-0.15, -0.1) is 0 Å². The van der Waals surface area contributed by atoms with Crippen molar-refractivity contribution < 1.29 is 9.59 Å². The lowest BCUT2D eigenvalue weighted by molar-refractivity contribution is -0.119. The van der Waals surface area contributed by atoms with E-state index in [1.54, 1.807) is 12.1 Å². The van der Waals surface area contributed by atoms with Crippen molar-refractivity contribution in [1.82, 2.24) is 0 Å². The smallest absolute Gasteiger partial charge is 0.238 e. The Labute approximate surface area is 171 Å². The summed E-state index contributed by atoms with van der Waals surface area (Å²) in [6.45, 7) is 5.83. The number of aryl methyl sites for hydroxylation is 2. The first kappa shape index (κ1) is 18.9. The van der Waals surface area contributed by atoms with Gasteiger partial charge in [0.1, 0.15) is 0 Å². The summed E-state index contributed by atoms with van der Waals surface area (Å²) in [5.74, 6) is -0.208. The van der Waals surface area contributed by atoms with E-state index in [9.17, 15) is 9.59 Å². The Balaban J connectivity index is 1.77. The zero-order valence-corrected chi connectivity index (χ0v) is 16.8. The van der Waals surface area contributed by atoms with Gasteiger partial charge in [-0.2, -0.15) is 0 Å². The standard InChI is InChI=1S/C26H23NO2/c1-17-10-9-11-18(2)23(17)27-25(29)26(3)16-21(20-14-7-8-15-22(20)26)24(28)19-12-5-4-6-13-19/h4-16H,1-3H3,(H,27,29)/t26-/m0/s1. The molecule has 0 aromatic heterocycles. The van der Waals surface area contributed by atoms with Crippen molar-refractivity contribution in [3.63, 3.8) is 0 Å². The molecule has 3 aromatic carbocycles.